The van der Waals surface area contributed by atoms with Gasteiger partial charge in [-0.2, -0.15) is 0 Å². The average Bonchev–Trinajstić information content (AvgIpc) is 2.98. The third kappa shape index (κ3) is 2.54. The molecular formula is C11H14N4OS. The van der Waals surface area contributed by atoms with Crippen molar-refractivity contribution < 1.29 is 4.79 Å². The predicted octanol–water partition coefficient (Wildman–Crippen LogP) is 1.55. The standard InChI is InChI=1S/C11H14N4OS/c1-8(7-10(16)14-12)15-5-4-13-11(15)9-3-2-6-17-9/h2-6,8H,7,12H2,1H3,(H,14,16). The van der Waals surface area contributed by atoms with Crippen LogP contribution in [0.25, 0.3) is 10.7 Å². The molecule has 0 aliphatic rings. The molecule has 2 rings (SSSR count). The number of carbonyl (C=O) groups excluding carboxylic acids is 1. The van der Waals surface area contributed by atoms with Crippen molar-refractivity contribution in [3.8, 4) is 10.7 Å². The molecule has 0 aliphatic carbocycles. The largest absolute Gasteiger partial charge is 0.327 e. The Bertz CT molecular complexity index is 491. The predicted molar refractivity (Wildman–Crippen MR) is 67.2 cm³/mol. The Morgan fingerprint density at radius 3 is 3.18 bits per heavy atom. The van der Waals surface area contributed by atoms with E-state index in [1.165, 1.54) is 0 Å². The van der Waals surface area contributed by atoms with Crippen molar-refractivity contribution in [2.24, 2.45) is 5.84 Å². The quantitative estimate of drug-likeness (QED) is 0.491. The lowest BCUT2D eigenvalue weighted by molar-refractivity contribution is -0.121. The van der Waals surface area contributed by atoms with E-state index in [0.29, 0.717) is 6.42 Å². The molecule has 0 aromatic carbocycles. The number of hydrogen-bond donors (Lipinski definition) is 2. The van der Waals surface area contributed by atoms with Gasteiger partial charge in [0.1, 0.15) is 5.82 Å². The van der Waals surface area contributed by atoms with E-state index in [9.17, 15) is 4.79 Å². The van der Waals surface area contributed by atoms with Gasteiger partial charge in [-0.3, -0.25) is 10.2 Å². The normalized spacial score (nSPS) is 12.4. The van der Waals surface area contributed by atoms with E-state index < -0.39 is 0 Å². The lowest BCUT2D eigenvalue weighted by Gasteiger charge is -2.14. The maximum Gasteiger partial charge on any atom is 0.235 e. The van der Waals surface area contributed by atoms with E-state index in [4.69, 9.17) is 5.84 Å². The van der Waals surface area contributed by atoms with Crippen LogP contribution in [0.15, 0.2) is 29.9 Å². The zero-order valence-corrected chi connectivity index (χ0v) is 10.3. The molecule has 2 aromatic heterocycles. The first-order chi connectivity index (χ1) is 8.22. The second-order valence-electron chi connectivity index (χ2n) is 3.76. The fraction of sp³-hybridized carbons (Fsp3) is 0.273. The van der Waals surface area contributed by atoms with Gasteiger partial charge in [0.2, 0.25) is 5.91 Å². The van der Waals surface area contributed by atoms with Crippen LogP contribution >= 0.6 is 11.3 Å². The van der Waals surface area contributed by atoms with Gasteiger partial charge in [-0.05, 0) is 18.4 Å². The Labute approximate surface area is 103 Å². The smallest absolute Gasteiger partial charge is 0.235 e. The second-order valence-corrected chi connectivity index (χ2v) is 4.70. The van der Waals surface area contributed by atoms with Gasteiger partial charge in [0.25, 0.3) is 0 Å². The van der Waals surface area contributed by atoms with Crippen molar-refractivity contribution >= 4 is 17.2 Å². The number of thiophene rings is 1. The van der Waals surface area contributed by atoms with Crippen molar-refractivity contribution in [2.75, 3.05) is 0 Å². The molecule has 0 radical (unpaired) electrons. The number of amides is 1. The number of aromatic nitrogens is 2. The summed E-state index contributed by atoms with van der Waals surface area (Å²) in [6.45, 7) is 1.97. The number of nitrogens with zero attached hydrogens (tertiary/aromatic N) is 2. The Kier molecular flexibility index (Phi) is 3.55. The van der Waals surface area contributed by atoms with Crippen molar-refractivity contribution in [1.29, 1.82) is 0 Å². The third-order valence-electron chi connectivity index (χ3n) is 2.53. The summed E-state index contributed by atoms with van der Waals surface area (Å²) in [4.78, 5) is 16.7. The molecule has 1 unspecified atom stereocenters. The molecule has 5 nitrogen and oxygen atoms in total. The van der Waals surface area contributed by atoms with E-state index in [1.807, 2.05) is 35.2 Å². The number of rotatable bonds is 4. The van der Waals surface area contributed by atoms with E-state index in [-0.39, 0.29) is 11.9 Å². The Balaban J connectivity index is 2.22. The lowest BCUT2D eigenvalue weighted by atomic mass is 10.2. The van der Waals surface area contributed by atoms with Crippen LogP contribution < -0.4 is 11.3 Å². The molecule has 6 heteroatoms. The zero-order chi connectivity index (χ0) is 12.3. The molecule has 2 aromatic rings. The Morgan fingerprint density at radius 2 is 2.53 bits per heavy atom. The van der Waals surface area contributed by atoms with Gasteiger partial charge in [-0.1, -0.05) is 6.07 Å². The number of carbonyl (C=O) groups is 1. The summed E-state index contributed by atoms with van der Waals surface area (Å²) in [5, 5.41) is 2.01. The molecule has 1 amide bonds. The minimum absolute atomic E-state index is 0.0261. The molecule has 0 fully saturated rings. The Hall–Kier alpha value is -1.66. The molecule has 0 aliphatic heterocycles. The summed E-state index contributed by atoms with van der Waals surface area (Å²) in [6, 6.07) is 4.02. The second kappa shape index (κ2) is 5.11. The van der Waals surface area contributed by atoms with Gasteiger partial charge in [0, 0.05) is 24.9 Å². The highest BCUT2D eigenvalue weighted by Gasteiger charge is 2.14. The zero-order valence-electron chi connectivity index (χ0n) is 9.46. The number of imidazole rings is 1. The van der Waals surface area contributed by atoms with Crippen molar-refractivity contribution in [3.05, 3.63) is 29.9 Å². The molecule has 0 saturated carbocycles. The maximum absolute atomic E-state index is 11.2. The molecule has 0 bridgehead atoms. The highest BCUT2D eigenvalue weighted by molar-refractivity contribution is 7.13. The van der Waals surface area contributed by atoms with E-state index in [0.717, 1.165) is 10.7 Å². The third-order valence-corrected chi connectivity index (χ3v) is 3.39. The van der Waals surface area contributed by atoms with Crippen LogP contribution in [0.1, 0.15) is 19.4 Å². The fourth-order valence-electron chi connectivity index (χ4n) is 1.69. The van der Waals surface area contributed by atoms with Crippen molar-refractivity contribution in [1.82, 2.24) is 15.0 Å². The summed E-state index contributed by atoms with van der Waals surface area (Å²) in [5.41, 5.74) is 2.14. The topological polar surface area (TPSA) is 72.9 Å². The molecular weight excluding hydrogens is 236 g/mol. The van der Waals surface area contributed by atoms with Crippen molar-refractivity contribution in [3.63, 3.8) is 0 Å². The minimum Gasteiger partial charge on any atom is -0.327 e. The molecule has 1 atom stereocenters. The van der Waals surface area contributed by atoms with Crippen LogP contribution in [0.4, 0.5) is 0 Å². The van der Waals surface area contributed by atoms with Crippen LogP contribution in [0.5, 0.6) is 0 Å². The Morgan fingerprint density at radius 1 is 1.71 bits per heavy atom. The van der Waals surface area contributed by atoms with Crippen LogP contribution in [0.3, 0.4) is 0 Å². The maximum atomic E-state index is 11.2. The number of hydrogen-bond acceptors (Lipinski definition) is 4. The monoisotopic (exact) mass is 250 g/mol. The van der Waals surface area contributed by atoms with Gasteiger partial charge < -0.3 is 4.57 Å². The first-order valence-electron chi connectivity index (χ1n) is 5.28. The number of nitrogens with two attached hydrogens (primary N) is 1. The summed E-state index contributed by atoms with van der Waals surface area (Å²) in [5.74, 6) is 5.79. The van der Waals surface area contributed by atoms with E-state index in [2.05, 4.69) is 10.4 Å². The molecule has 90 valence electrons. The van der Waals surface area contributed by atoms with Gasteiger partial charge in [0.15, 0.2) is 0 Å². The molecule has 3 N–H and O–H groups in total. The lowest BCUT2D eigenvalue weighted by Crippen LogP contribution is -2.31. The first kappa shape index (κ1) is 11.8. The fourth-order valence-corrected chi connectivity index (χ4v) is 2.42. The molecule has 0 spiro atoms. The highest BCUT2D eigenvalue weighted by Crippen LogP contribution is 2.26. The van der Waals surface area contributed by atoms with Crippen LogP contribution in [0.2, 0.25) is 0 Å². The van der Waals surface area contributed by atoms with E-state index in [1.54, 1.807) is 17.5 Å². The van der Waals surface area contributed by atoms with Gasteiger partial charge in [-0.25, -0.2) is 10.8 Å². The van der Waals surface area contributed by atoms with Gasteiger partial charge in [-0.15, -0.1) is 11.3 Å². The van der Waals surface area contributed by atoms with Crippen LogP contribution in [-0.4, -0.2) is 15.5 Å². The first-order valence-corrected chi connectivity index (χ1v) is 6.16. The summed E-state index contributed by atoms with van der Waals surface area (Å²) in [6.07, 6.45) is 3.96. The van der Waals surface area contributed by atoms with Crippen LogP contribution in [0, 0.1) is 0 Å². The molecule has 2 heterocycles. The van der Waals surface area contributed by atoms with E-state index >= 15 is 0 Å². The summed E-state index contributed by atoms with van der Waals surface area (Å²) in [7, 11) is 0. The van der Waals surface area contributed by atoms with Crippen LogP contribution in [-0.2, 0) is 4.79 Å². The molecule has 17 heavy (non-hydrogen) atoms. The van der Waals surface area contributed by atoms with Gasteiger partial charge >= 0.3 is 0 Å². The summed E-state index contributed by atoms with van der Waals surface area (Å²) < 4.78 is 1.99. The highest BCUT2D eigenvalue weighted by atomic mass is 32.1. The van der Waals surface area contributed by atoms with Gasteiger partial charge in [0.05, 0.1) is 4.88 Å². The van der Waals surface area contributed by atoms with Crippen molar-refractivity contribution in [2.45, 2.75) is 19.4 Å². The summed E-state index contributed by atoms with van der Waals surface area (Å²) >= 11 is 1.63. The average molecular weight is 250 g/mol. The SMILES string of the molecule is CC(CC(=O)NN)n1ccnc1-c1cccs1. The minimum atomic E-state index is -0.177. The number of hydrazine groups is 1. The molecule has 0 saturated heterocycles. The number of nitrogens with one attached hydrogen (secondary N) is 1.